The Bertz CT molecular complexity index is 1330. The van der Waals surface area contributed by atoms with Crippen molar-refractivity contribution in [2.45, 2.75) is 25.7 Å². The minimum absolute atomic E-state index is 0. The van der Waals surface area contributed by atoms with Gasteiger partial charge in [-0.15, -0.1) is 33.4 Å². The first-order valence-corrected chi connectivity index (χ1v) is 10.0. The summed E-state index contributed by atoms with van der Waals surface area (Å²) in [5, 5.41) is 14.4. The second-order valence-electron chi connectivity index (χ2n) is 7.56. The molecule has 0 amide bonds. The summed E-state index contributed by atoms with van der Waals surface area (Å²) in [7, 11) is 0. The van der Waals surface area contributed by atoms with E-state index in [1.807, 2.05) is 0 Å². The number of halogens is 2. The molecule has 4 heteroatoms. The molecule has 0 saturated heterocycles. The Morgan fingerprint density at radius 1 is 0.935 bits per heavy atom. The van der Waals surface area contributed by atoms with Gasteiger partial charge in [-0.3, -0.25) is 0 Å². The maximum Gasteiger partial charge on any atom is 3.00 e. The Labute approximate surface area is 214 Å². The van der Waals surface area contributed by atoms with Gasteiger partial charge in [0.1, 0.15) is 0 Å². The molecule has 31 heavy (non-hydrogen) atoms. The van der Waals surface area contributed by atoms with Crippen LogP contribution in [0.4, 0.5) is 0 Å². The Hall–Kier alpha value is -1.44. The van der Waals surface area contributed by atoms with Crippen LogP contribution in [0.15, 0.2) is 66.2 Å². The molecule has 0 aromatic heterocycles. The fraction of sp³-hybridized carbons (Fsp3) is 0.185. The average molecular weight is 526 g/mol. The van der Waals surface area contributed by atoms with Crippen molar-refractivity contribution >= 4 is 18.2 Å². The summed E-state index contributed by atoms with van der Waals surface area (Å²) in [6.07, 6.45) is 9.96. The van der Waals surface area contributed by atoms with Crippen LogP contribution in [0.1, 0.15) is 47.9 Å². The molecular weight excluding hydrogens is 502 g/mol. The number of rotatable bonds is 4. The molecule has 0 aliphatic heterocycles. The van der Waals surface area contributed by atoms with E-state index in [0.29, 0.717) is 0 Å². The number of aliphatic hydroxyl groups excluding tert-OH is 1. The zero-order valence-corrected chi connectivity index (χ0v) is 21.3. The van der Waals surface area contributed by atoms with Crippen LogP contribution >= 0.6 is 0 Å². The third-order valence-electron chi connectivity index (χ3n) is 6.00. The van der Waals surface area contributed by atoms with Gasteiger partial charge in [0.05, 0.1) is 0 Å². The SMILES string of the molecule is CC=c1ccc2c(c1C1C(CCCO)=Cc3ccccc31)[C-]=c1ccccc1=2.[Cl-].[Cl-].[Zr+3]. The summed E-state index contributed by atoms with van der Waals surface area (Å²) in [6.45, 7) is 2.34. The van der Waals surface area contributed by atoms with Crippen LogP contribution in [-0.4, -0.2) is 11.7 Å². The number of hydrogen-bond donors (Lipinski definition) is 1. The predicted octanol–water partition coefficient (Wildman–Crippen LogP) is -1.90. The van der Waals surface area contributed by atoms with Crippen molar-refractivity contribution in [3.8, 4) is 0 Å². The molecule has 3 aromatic rings. The van der Waals surface area contributed by atoms with Gasteiger partial charge in [0.15, 0.2) is 0 Å². The summed E-state index contributed by atoms with van der Waals surface area (Å²) < 4.78 is 0. The molecule has 0 bridgehead atoms. The minimum Gasteiger partial charge on any atom is -1.00 e. The van der Waals surface area contributed by atoms with Gasteiger partial charge in [0, 0.05) is 12.5 Å². The Balaban J connectivity index is 0.00000114. The monoisotopic (exact) mass is 523 g/mol. The first-order chi connectivity index (χ1) is 13.8. The van der Waals surface area contributed by atoms with Gasteiger partial charge in [-0.25, -0.2) is 0 Å². The normalized spacial score (nSPS) is 15.4. The van der Waals surface area contributed by atoms with Crippen LogP contribution in [0, 0.1) is 10.4 Å². The molecule has 2 aliphatic carbocycles. The fourth-order valence-corrected chi connectivity index (χ4v) is 4.75. The van der Waals surface area contributed by atoms with Gasteiger partial charge < -0.3 is 29.9 Å². The largest absolute Gasteiger partial charge is 3.00 e. The number of hydrogen-bond acceptors (Lipinski definition) is 1. The number of allylic oxidation sites excluding steroid dienone is 1. The number of aliphatic hydroxyl groups is 1. The Morgan fingerprint density at radius 2 is 1.68 bits per heavy atom. The van der Waals surface area contributed by atoms with E-state index in [1.54, 1.807) is 0 Å². The molecule has 3 aromatic carbocycles. The zero-order valence-electron chi connectivity index (χ0n) is 17.3. The molecule has 0 saturated carbocycles. The molecular formula is C27H23Cl2OZr. The third kappa shape index (κ3) is 4.42. The van der Waals surface area contributed by atoms with Crippen molar-refractivity contribution in [3.05, 3.63) is 109 Å². The maximum absolute atomic E-state index is 9.43. The van der Waals surface area contributed by atoms with E-state index in [2.05, 4.69) is 85.8 Å². The second kappa shape index (κ2) is 10.9. The summed E-state index contributed by atoms with van der Waals surface area (Å²) in [4.78, 5) is 0. The molecule has 0 heterocycles. The molecule has 1 atom stereocenters. The van der Waals surface area contributed by atoms with Crippen molar-refractivity contribution in [2.75, 3.05) is 6.61 Å². The van der Waals surface area contributed by atoms with Crippen molar-refractivity contribution in [3.63, 3.8) is 0 Å². The average Bonchev–Trinajstić information content (AvgIpc) is 3.29. The first-order valence-electron chi connectivity index (χ1n) is 10.0. The molecule has 2 aliphatic rings. The van der Waals surface area contributed by atoms with Crippen LogP contribution in [0.25, 0.3) is 18.2 Å². The van der Waals surface area contributed by atoms with Crippen molar-refractivity contribution in [1.82, 2.24) is 0 Å². The number of fused-ring (bicyclic) bond motifs is 3. The molecule has 1 nitrogen and oxygen atoms in total. The van der Waals surface area contributed by atoms with E-state index in [-0.39, 0.29) is 63.5 Å². The van der Waals surface area contributed by atoms with Crippen molar-refractivity contribution < 1.29 is 56.1 Å². The maximum atomic E-state index is 9.43. The van der Waals surface area contributed by atoms with Gasteiger partial charge in [0.25, 0.3) is 0 Å². The van der Waals surface area contributed by atoms with E-state index in [1.165, 1.54) is 48.7 Å². The fourth-order valence-electron chi connectivity index (χ4n) is 4.75. The quantitative estimate of drug-likeness (QED) is 0.309. The van der Waals surface area contributed by atoms with E-state index < -0.39 is 0 Å². The van der Waals surface area contributed by atoms with Gasteiger partial charge in [-0.2, -0.15) is 0 Å². The molecule has 1 radical (unpaired) electrons. The number of benzene rings is 3. The van der Waals surface area contributed by atoms with E-state index in [9.17, 15) is 5.11 Å². The van der Waals surface area contributed by atoms with Crippen LogP contribution in [-0.2, 0) is 26.2 Å². The summed E-state index contributed by atoms with van der Waals surface area (Å²) in [6, 6.07) is 21.7. The summed E-state index contributed by atoms with van der Waals surface area (Å²) in [5.41, 5.74) is 6.64. The molecule has 5 rings (SSSR count). The van der Waals surface area contributed by atoms with E-state index >= 15 is 0 Å². The minimum atomic E-state index is 0. The standard InChI is InChI=1S/C27H23O.2ClH.Zr/c1-2-18-13-14-24-22-11-5-3-9-20(22)17-25(24)26(18)27-21(10-7-15-28)16-19-8-4-6-12-23(19)27;;;/h2-6,8-9,11-14,16,27-28H,7,10,15H2,1H3;2*1H;/q-1;;;+3/p-2. The molecule has 1 unspecified atom stereocenters. The topological polar surface area (TPSA) is 20.2 Å². The van der Waals surface area contributed by atoms with Gasteiger partial charge in [-0.1, -0.05) is 83.1 Å². The summed E-state index contributed by atoms with van der Waals surface area (Å²) >= 11 is 0. The van der Waals surface area contributed by atoms with Gasteiger partial charge >= 0.3 is 26.2 Å². The molecule has 155 valence electrons. The Kier molecular flexibility index (Phi) is 9.10. The van der Waals surface area contributed by atoms with Crippen LogP contribution in [0.5, 0.6) is 0 Å². The van der Waals surface area contributed by atoms with Crippen molar-refractivity contribution in [1.29, 1.82) is 0 Å². The third-order valence-corrected chi connectivity index (χ3v) is 6.00. The molecule has 1 N–H and O–H groups in total. The van der Waals surface area contributed by atoms with E-state index in [4.69, 9.17) is 0 Å². The van der Waals surface area contributed by atoms with E-state index in [0.717, 1.165) is 12.8 Å². The van der Waals surface area contributed by atoms with Gasteiger partial charge in [0.2, 0.25) is 0 Å². The Morgan fingerprint density at radius 3 is 2.45 bits per heavy atom. The summed E-state index contributed by atoms with van der Waals surface area (Å²) in [5.74, 6) is 0.228. The second-order valence-corrected chi connectivity index (χ2v) is 7.56. The van der Waals surface area contributed by atoms with Crippen molar-refractivity contribution in [2.24, 2.45) is 0 Å². The zero-order chi connectivity index (χ0) is 19.1. The predicted molar refractivity (Wildman–Crippen MR) is 115 cm³/mol. The van der Waals surface area contributed by atoms with Crippen LogP contribution < -0.4 is 35.3 Å². The smallest absolute Gasteiger partial charge is 1.00 e. The van der Waals surface area contributed by atoms with Crippen LogP contribution in [0.3, 0.4) is 0 Å². The van der Waals surface area contributed by atoms with Gasteiger partial charge in [-0.05, 0) is 30.9 Å². The molecule has 0 spiro atoms. The first kappa shape index (κ1) is 25.8. The van der Waals surface area contributed by atoms with Crippen LogP contribution in [0.2, 0.25) is 0 Å². The molecule has 0 fully saturated rings.